The van der Waals surface area contributed by atoms with Gasteiger partial charge in [0.25, 0.3) is 0 Å². The molecule has 0 fully saturated rings. The van der Waals surface area contributed by atoms with Gasteiger partial charge in [0.2, 0.25) is 0 Å². The molecule has 0 bridgehead atoms. The van der Waals surface area contributed by atoms with Crippen molar-refractivity contribution in [3.05, 3.63) is 65.2 Å². The fourth-order valence-electron chi connectivity index (χ4n) is 1.73. The largest absolute Gasteiger partial charge is 0.460 e. The molecule has 23 heavy (non-hydrogen) atoms. The zero-order valence-electron chi connectivity index (χ0n) is 12.6. The molecule has 0 saturated heterocycles. The van der Waals surface area contributed by atoms with Crippen molar-refractivity contribution < 1.29 is 18.6 Å². The monoisotopic (exact) mass is 353 g/mol. The number of esters is 1. The van der Waals surface area contributed by atoms with Crippen molar-refractivity contribution in [3.63, 3.8) is 0 Å². The van der Waals surface area contributed by atoms with E-state index in [9.17, 15) is 9.36 Å². The molecule has 2 rings (SSSR count). The number of rotatable bonds is 7. The summed E-state index contributed by atoms with van der Waals surface area (Å²) in [4.78, 5) is 11.7. The van der Waals surface area contributed by atoms with Gasteiger partial charge < -0.3 is 9.26 Å². The summed E-state index contributed by atoms with van der Waals surface area (Å²) in [6.45, 7) is 1.37. The number of carbonyl (C=O) groups excluding carboxylic acids is 1. The smallest absolute Gasteiger partial charge is 0.320 e. The zero-order valence-corrected chi connectivity index (χ0v) is 14.2. The molecule has 2 aromatic rings. The molecule has 0 spiro atoms. The molecule has 7 heteroatoms. The molecule has 0 heterocycles. The van der Waals surface area contributed by atoms with E-state index in [1.807, 2.05) is 30.3 Å². The van der Waals surface area contributed by atoms with E-state index in [1.165, 1.54) is 6.66 Å². The Kier molecular flexibility index (Phi) is 6.22. The van der Waals surface area contributed by atoms with Crippen LogP contribution in [-0.4, -0.2) is 19.2 Å². The minimum absolute atomic E-state index is 0.174. The molecule has 0 radical (unpaired) electrons. The maximum atomic E-state index is 12.3. The van der Waals surface area contributed by atoms with Crippen LogP contribution in [0.15, 0.2) is 54.6 Å². The van der Waals surface area contributed by atoms with E-state index >= 15 is 0 Å². The number of ether oxygens (including phenoxy) is 1. The summed E-state index contributed by atoms with van der Waals surface area (Å²) < 4.78 is 22.7. The van der Waals surface area contributed by atoms with Gasteiger partial charge in [-0.2, -0.15) is 0 Å². The highest BCUT2D eigenvalue weighted by molar-refractivity contribution is 7.56. The van der Waals surface area contributed by atoms with Crippen molar-refractivity contribution in [2.45, 2.75) is 6.61 Å². The maximum Gasteiger partial charge on any atom is 0.320 e. The fourth-order valence-corrected chi connectivity index (χ4v) is 2.86. The second-order valence-electron chi connectivity index (χ2n) is 4.87. The standard InChI is InChI=1S/C16H17ClNO4P/c1-23(20,22-15-9-7-14(17)8-10-15)18-11-16(19)21-12-13-5-3-2-4-6-13/h2-10H,11-12H2,1H3,(H,18,20). The zero-order chi connectivity index (χ0) is 16.7. The van der Waals surface area contributed by atoms with Gasteiger partial charge in [0.15, 0.2) is 0 Å². The highest BCUT2D eigenvalue weighted by Crippen LogP contribution is 2.38. The van der Waals surface area contributed by atoms with E-state index in [0.29, 0.717) is 10.8 Å². The SMILES string of the molecule is CP(=O)(NCC(=O)OCc1ccccc1)Oc1ccc(Cl)cc1. The van der Waals surface area contributed by atoms with Crippen LogP contribution in [0.2, 0.25) is 5.02 Å². The highest BCUT2D eigenvalue weighted by Gasteiger charge is 2.19. The molecule has 0 aliphatic rings. The summed E-state index contributed by atoms with van der Waals surface area (Å²) >= 11 is 5.77. The first-order valence-corrected chi connectivity index (χ1v) is 9.37. The first-order valence-electron chi connectivity index (χ1n) is 6.92. The Morgan fingerprint density at radius 2 is 1.78 bits per heavy atom. The third kappa shape index (κ3) is 6.45. The maximum absolute atomic E-state index is 12.3. The van der Waals surface area contributed by atoms with Crippen LogP contribution < -0.4 is 9.61 Å². The average molecular weight is 354 g/mol. The Balaban J connectivity index is 1.78. The van der Waals surface area contributed by atoms with Crippen LogP contribution >= 0.6 is 19.1 Å². The predicted octanol–water partition coefficient (Wildman–Crippen LogP) is 3.87. The molecule has 1 N–H and O–H groups in total. The highest BCUT2D eigenvalue weighted by atomic mass is 35.5. The Labute approximate surface area is 140 Å². The lowest BCUT2D eigenvalue weighted by atomic mass is 10.2. The Bertz CT molecular complexity index is 691. The van der Waals surface area contributed by atoms with Gasteiger partial charge in [-0.05, 0) is 29.8 Å². The lowest BCUT2D eigenvalue weighted by Crippen LogP contribution is -2.23. The van der Waals surface area contributed by atoms with Crippen LogP contribution in [0.4, 0.5) is 0 Å². The number of hydrogen-bond donors (Lipinski definition) is 1. The quantitative estimate of drug-likeness (QED) is 0.604. The van der Waals surface area contributed by atoms with E-state index in [-0.39, 0.29) is 13.2 Å². The lowest BCUT2D eigenvalue weighted by molar-refractivity contribution is -0.143. The van der Waals surface area contributed by atoms with Gasteiger partial charge in [-0.15, -0.1) is 0 Å². The van der Waals surface area contributed by atoms with Crippen LogP contribution in [0.25, 0.3) is 0 Å². The van der Waals surface area contributed by atoms with E-state index in [1.54, 1.807) is 24.3 Å². The van der Waals surface area contributed by atoms with Crippen LogP contribution in [0.5, 0.6) is 5.75 Å². The number of nitrogens with one attached hydrogen (secondary N) is 1. The van der Waals surface area contributed by atoms with E-state index < -0.39 is 13.5 Å². The second kappa shape index (κ2) is 8.16. The molecule has 1 unspecified atom stereocenters. The summed E-state index contributed by atoms with van der Waals surface area (Å²) in [5, 5.41) is 3.14. The fraction of sp³-hybridized carbons (Fsp3) is 0.188. The number of benzene rings is 2. The summed E-state index contributed by atoms with van der Waals surface area (Å²) in [6, 6.07) is 15.8. The summed E-state index contributed by atoms with van der Waals surface area (Å²) in [7, 11) is -3.17. The van der Waals surface area contributed by atoms with Gasteiger partial charge in [-0.3, -0.25) is 9.36 Å². The number of halogens is 1. The second-order valence-corrected chi connectivity index (χ2v) is 7.50. The van der Waals surface area contributed by atoms with Gasteiger partial charge in [0.1, 0.15) is 18.9 Å². The Morgan fingerprint density at radius 3 is 2.43 bits per heavy atom. The van der Waals surface area contributed by atoms with E-state index in [2.05, 4.69) is 5.09 Å². The number of hydrogen-bond acceptors (Lipinski definition) is 4. The minimum Gasteiger partial charge on any atom is -0.460 e. The van der Waals surface area contributed by atoms with Crippen LogP contribution in [0.3, 0.4) is 0 Å². The average Bonchev–Trinajstić information content (AvgIpc) is 2.54. The van der Waals surface area contributed by atoms with Gasteiger partial charge in [-0.1, -0.05) is 41.9 Å². The third-order valence-electron chi connectivity index (χ3n) is 2.85. The van der Waals surface area contributed by atoms with Crippen molar-refractivity contribution in [1.82, 2.24) is 5.09 Å². The predicted molar refractivity (Wildman–Crippen MR) is 89.9 cm³/mol. The first kappa shape index (κ1) is 17.5. The molecular weight excluding hydrogens is 337 g/mol. The third-order valence-corrected chi connectivity index (χ3v) is 4.39. The first-order chi connectivity index (χ1) is 10.9. The molecule has 0 aromatic heterocycles. The van der Waals surface area contributed by atoms with E-state index in [4.69, 9.17) is 20.9 Å². The van der Waals surface area contributed by atoms with Crippen molar-refractivity contribution >= 4 is 25.1 Å². The normalized spacial score (nSPS) is 13.1. The van der Waals surface area contributed by atoms with Gasteiger partial charge in [-0.25, -0.2) is 5.09 Å². The molecule has 0 saturated carbocycles. The van der Waals surface area contributed by atoms with Crippen molar-refractivity contribution in [2.75, 3.05) is 13.2 Å². The molecule has 2 aromatic carbocycles. The van der Waals surface area contributed by atoms with Crippen LogP contribution in [0, 0.1) is 0 Å². The summed E-state index contributed by atoms with van der Waals surface area (Å²) in [6.07, 6.45) is 0. The molecule has 1 atom stereocenters. The van der Waals surface area contributed by atoms with Gasteiger partial charge in [0.05, 0.1) is 0 Å². The van der Waals surface area contributed by atoms with Gasteiger partial charge in [0, 0.05) is 11.7 Å². The molecule has 0 amide bonds. The number of carbonyl (C=O) groups is 1. The Hall–Kier alpha value is -1.81. The summed E-state index contributed by atoms with van der Waals surface area (Å²) in [5.74, 6) is -0.0963. The van der Waals surface area contributed by atoms with Crippen molar-refractivity contribution in [3.8, 4) is 5.75 Å². The summed E-state index contributed by atoms with van der Waals surface area (Å²) in [5.41, 5.74) is 0.887. The van der Waals surface area contributed by atoms with Crippen molar-refractivity contribution in [1.29, 1.82) is 0 Å². The minimum atomic E-state index is -3.17. The Morgan fingerprint density at radius 1 is 1.13 bits per heavy atom. The van der Waals surface area contributed by atoms with Crippen LogP contribution in [-0.2, 0) is 20.7 Å². The molecule has 5 nitrogen and oxygen atoms in total. The van der Waals surface area contributed by atoms with Crippen LogP contribution in [0.1, 0.15) is 5.56 Å². The molecular formula is C16H17ClNO4P. The molecule has 0 aliphatic heterocycles. The van der Waals surface area contributed by atoms with Crippen molar-refractivity contribution in [2.24, 2.45) is 0 Å². The molecule has 0 aliphatic carbocycles. The lowest BCUT2D eigenvalue weighted by Gasteiger charge is -2.16. The van der Waals surface area contributed by atoms with Gasteiger partial charge >= 0.3 is 13.5 Å². The molecule has 122 valence electrons. The van der Waals surface area contributed by atoms with E-state index in [0.717, 1.165) is 5.56 Å². The topological polar surface area (TPSA) is 64.6 Å².